The molecule has 30 heavy (non-hydrogen) atoms. The number of benzene rings is 2. The number of carbonyl (C=O) groups is 1. The van der Waals surface area contributed by atoms with Gasteiger partial charge in [-0.2, -0.15) is 0 Å². The van der Waals surface area contributed by atoms with Gasteiger partial charge < -0.3 is 10.1 Å². The van der Waals surface area contributed by atoms with E-state index >= 15 is 0 Å². The molecule has 4 rings (SSSR count). The number of rotatable bonds is 6. The lowest BCUT2D eigenvalue weighted by Gasteiger charge is -2.18. The van der Waals surface area contributed by atoms with E-state index < -0.39 is 0 Å². The molecule has 0 spiro atoms. The van der Waals surface area contributed by atoms with Gasteiger partial charge in [-0.1, -0.05) is 42.8 Å². The number of hydrogen-bond acceptors (Lipinski definition) is 5. The molecule has 2 aromatic carbocycles. The molecule has 1 saturated carbocycles. The van der Waals surface area contributed by atoms with E-state index in [9.17, 15) is 9.59 Å². The molecular weight excluding hydrogens is 398 g/mol. The molecule has 1 aromatic heterocycles. The first-order valence-corrected chi connectivity index (χ1v) is 11.1. The van der Waals surface area contributed by atoms with Crippen LogP contribution in [0.25, 0.3) is 16.6 Å². The maximum Gasteiger partial charge on any atom is 0.266 e. The summed E-state index contributed by atoms with van der Waals surface area (Å²) in [5, 5.41) is 3.78. The fourth-order valence-electron chi connectivity index (χ4n) is 3.77. The van der Waals surface area contributed by atoms with E-state index in [1.165, 1.54) is 11.8 Å². The van der Waals surface area contributed by atoms with Crippen LogP contribution < -0.4 is 15.6 Å². The van der Waals surface area contributed by atoms with E-state index in [1.54, 1.807) is 23.8 Å². The number of aromatic nitrogens is 2. The van der Waals surface area contributed by atoms with Crippen LogP contribution in [0.1, 0.15) is 32.6 Å². The van der Waals surface area contributed by atoms with Crippen molar-refractivity contribution in [3.8, 4) is 11.4 Å². The number of nitrogens with one attached hydrogen (secondary N) is 1. The minimum Gasteiger partial charge on any atom is -0.497 e. The highest BCUT2D eigenvalue weighted by Gasteiger charge is 2.24. The van der Waals surface area contributed by atoms with Crippen LogP contribution in [0, 0.1) is 0 Å². The van der Waals surface area contributed by atoms with Gasteiger partial charge in [0.25, 0.3) is 5.56 Å². The number of amides is 1. The Labute approximate surface area is 179 Å². The molecule has 7 heteroatoms. The lowest BCUT2D eigenvalue weighted by molar-refractivity contribution is -0.120. The molecule has 0 radical (unpaired) electrons. The second-order valence-corrected chi connectivity index (χ2v) is 8.81. The van der Waals surface area contributed by atoms with Crippen molar-refractivity contribution in [2.75, 3.05) is 7.11 Å². The Morgan fingerprint density at radius 3 is 2.73 bits per heavy atom. The van der Waals surface area contributed by atoms with Crippen molar-refractivity contribution < 1.29 is 9.53 Å². The van der Waals surface area contributed by atoms with Gasteiger partial charge in [0.15, 0.2) is 5.16 Å². The van der Waals surface area contributed by atoms with E-state index in [0.717, 1.165) is 25.7 Å². The number of carbonyl (C=O) groups excluding carboxylic acids is 1. The van der Waals surface area contributed by atoms with Crippen LogP contribution in [-0.4, -0.2) is 33.9 Å². The third-order valence-electron chi connectivity index (χ3n) is 5.41. The maximum absolute atomic E-state index is 13.3. The van der Waals surface area contributed by atoms with Crippen LogP contribution in [-0.2, 0) is 4.79 Å². The molecule has 0 saturated heterocycles. The van der Waals surface area contributed by atoms with E-state index in [0.29, 0.717) is 27.5 Å². The summed E-state index contributed by atoms with van der Waals surface area (Å²) < 4.78 is 6.89. The van der Waals surface area contributed by atoms with Crippen molar-refractivity contribution >= 4 is 28.6 Å². The summed E-state index contributed by atoms with van der Waals surface area (Å²) in [5.41, 5.74) is 1.11. The predicted molar refractivity (Wildman–Crippen MR) is 120 cm³/mol. The normalized spacial score (nSPS) is 15.3. The zero-order valence-corrected chi connectivity index (χ0v) is 17.9. The van der Waals surface area contributed by atoms with Crippen molar-refractivity contribution in [3.63, 3.8) is 0 Å². The SMILES string of the molecule is COc1cccc(-n2c(SC(C)C(=O)NC3CCCC3)nc3ccccc3c2=O)c1. The van der Waals surface area contributed by atoms with Gasteiger partial charge in [0.1, 0.15) is 5.75 Å². The van der Waals surface area contributed by atoms with Gasteiger partial charge in [0.2, 0.25) is 5.91 Å². The fourth-order valence-corrected chi connectivity index (χ4v) is 4.71. The summed E-state index contributed by atoms with van der Waals surface area (Å²) in [4.78, 5) is 30.8. The topological polar surface area (TPSA) is 73.2 Å². The molecule has 0 bridgehead atoms. The van der Waals surface area contributed by atoms with Gasteiger partial charge in [0, 0.05) is 12.1 Å². The van der Waals surface area contributed by atoms with Gasteiger partial charge in [-0.15, -0.1) is 0 Å². The van der Waals surface area contributed by atoms with Crippen molar-refractivity contribution in [1.82, 2.24) is 14.9 Å². The van der Waals surface area contributed by atoms with Crippen LogP contribution >= 0.6 is 11.8 Å². The summed E-state index contributed by atoms with van der Waals surface area (Å²) in [5.74, 6) is 0.627. The van der Waals surface area contributed by atoms with Crippen molar-refractivity contribution in [2.24, 2.45) is 0 Å². The van der Waals surface area contributed by atoms with Gasteiger partial charge in [0.05, 0.1) is 29.0 Å². The summed E-state index contributed by atoms with van der Waals surface area (Å²) in [6.07, 6.45) is 4.39. The molecule has 1 heterocycles. The summed E-state index contributed by atoms with van der Waals surface area (Å²) in [6, 6.07) is 14.8. The number of para-hydroxylation sites is 1. The largest absolute Gasteiger partial charge is 0.497 e. The lowest BCUT2D eigenvalue weighted by Crippen LogP contribution is -2.38. The summed E-state index contributed by atoms with van der Waals surface area (Å²) >= 11 is 1.30. The minimum absolute atomic E-state index is 0.0218. The second kappa shape index (κ2) is 8.92. The standard InChI is InChI=1S/C23H25N3O3S/c1-15(21(27)24-16-8-3-4-9-16)30-23-25-20-13-6-5-12-19(20)22(28)26(23)17-10-7-11-18(14-17)29-2/h5-7,10-16H,3-4,8-9H2,1-2H3,(H,24,27). The average Bonchev–Trinajstić information content (AvgIpc) is 3.27. The van der Waals surface area contributed by atoms with E-state index in [4.69, 9.17) is 9.72 Å². The van der Waals surface area contributed by atoms with Crippen LogP contribution in [0.5, 0.6) is 5.75 Å². The maximum atomic E-state index is 13.3. The molecule has 1 aliphatic carbocycles. The Balaban J connectivity index is 1.73. The number of fused-ring (bicyclic) bond motifs is 1. The van der Waals surface area contributed by atoms with Crippen LogP contribution in [0.4, 0.5) is 0 Å². The Kier molecular flexibility index (Phi) is 6.08. The quantitative estimate of drug-likeness (QED) is 0.480. The molecule has 156 valence electrons. The molecule has 0 aliphatic heterocycles. The highest BCUT2D eigenvalue weighted by Crippen LogP contribution is 2.27. The Morgan fingerprint density at radius 1 is 1.20 bits per heavy atom. The average molecular weight is 424 g/mol. The monoisotopic (exact) mass is 423 g/mol. The van der Waals surface area contributed by atoms with Crippen LogP contribution in [0.3, 0.4) is 0 Å². The Morgan fingerprint density at radius 2 is 1.97 bits per heavy atom. The zero-order chi connectivity index (χ0) is 21.1. The predicted octanol–water partition coefficient (Wildman–Crippen LogP) is 3.93. The third kappa shape index (κ3) is 4.21. The molecule has 1 fully saturated rings. The highest BCUT2D eigenvalue weighted by molar-refractivity contribution is 8.00. The lowest BCUT2D eigenvalue weighted by atomic mass is 10.2. The van der Waals surface area contributed by atoms with E-state index in [-0.39, 0.29) is 22.8 Å². The van der Waals surface area contributed by atoms with Crippen molar-refractivity contribution in [1.29, 1.82) is 0 Å². The van der Waals surface area contributed by atoms with Gasteiger partial charge in [-0.05, 0) is 44.0 Å². The Bertz CT molecular complexity index is 1120. The summed E-state index contributed by atoms with van der Waals surface area (Å²) in [7, 11) is 1.59. The van der Waals surface area contributed by atoms with E-state index in [1.807, 2.05) is 43.3 Å². The first-order valence-electron chi connectivity index (χ1n) is 10.2. The van der Waals surface area contributed by atoms with Gasteiger partial charge >= 0.3 is 0 Å². The first kappa shape index (κ1) is 20.5. The molecule has 1 amide bonds. The number of thioether (sulfide) groups is 1. The molecule has 1 N–H and O–H groups in total. The number of hydrogen-bond donors (Lipinski definition) is 1. The smallest absolute Gasteiger partial charge is 0.266 e. The zero-order valence-electron chi connectivity index (χ0n) is 17.1. The molecule has 1 unspecified atom stereocenters. The molecule has 1 aliphatic rings. The second-order valence-electron chi connectivity index (χ2n) is 7.50. The van der Waals surface area contributed by atoms with Crippen LogP contribution in [0.15, 0.2) is 58.5 Å². The highest BCUT2D eigenvalue weighted by atomic mass is 32.2. The summed E-state index contributed by atoms with van der Waals surface area (Å²) in [6.45, 7) is 1.85. The Hall–Kier alpha value is -2.80. The molecule has 6 nitrogen and oxygen atoms in total. The third-order valence-corrected chi connectivity index (χ3v) is 6.46. The fraction of sp³-hybridized carbons (Fsp3) is 0.348. The molecule has 3 aromatic rings. The number of ether oxygens (including phenoxy) is 1. The van der Waals surface area contributed by atoms with Crippen LogP contribution in [0.2, 0.25) is 0 Å². The van der Waals surface area contributed by atoms with Crippen molar-refractivity contribution in [3.05, 3.63) is 58.9 Å². The number of nitrogens with zero attached hydrogens (tertiary/aromatic N) is 2. The molecule has 1 atom stereocenters. The van der Waals surface area contributed by atoms with E-state index in [2.05, 4.69) is 5.32 Å². The number of methoxy groups -OCH3 is 1. The van der Waals surface area contributed by atoms with Gasteiger partial charge in [-0.25, -0.2) is 4.98 Å². The first-order chi connectivity index (χ1) is 14.6. The molecular formula is C23H25N3O3S. The van der Waals surface area contributed by atoms with Gasteiger partial charge in [-0.3, -0.25) is 14.2 Å². The van der Waals surface area contributed by atoms with Crippen molar-refractivity contribution in [2.45, 2.75) is 49.1 Å². The minimum atomic E-state index is -0.379.